The number of anilines is 1. The Labute approximate surface area is 169 Å². The number of carbonyl (C=O) groups excluding carboxylic acids is 1. The summed E-state index contributed by atoms with van der Waals surface area (Å²) in [4.78, 5) is 29.7. The Kier molecular flexibility index (Phi) is 4.89. The van der Waals surface area contributed by atoms with Gasteiger partial charge < -0.3 is 4.74 Å². The van der Waals surface area contributed by atoms with Gasteiger partial charge in [0.05, 0.1) is 29.8 Å². The highest BCUT2D eigenvalue weighted by Crippen LogP contribution is 2.33. The second kappa shape index (κ2) is 7.49. The van der Waals surface area contributed by atoms with Crippen molar-refractivity contribution in [3.05, 3.63) is 59.4 Å². The Morgan fingerprint density at radius 3 is 2.86 bits per heavy atom. The minimum atomic E-state index is -0.322. The van der Waals surface area contributed by atoms with Crippen LogP contribution in [0.25, 0.3) is 21.3 Å². The van der Waals surface area contributed by atoms with Crippen molar-refractivity contribution in [2.75, 3.05) is 12.4 Å². The maximum Gasteiger partial charge on any atom is 0.259 e. The molecule has 4 aromatic rings. The van der Waals surface area contributed by atoms with Crippen LogP contribution in [0, 0.1) is 6.92 Å². The molecule has 0 bridgehead atoms. The van der Waals surface area contributed by atoms with E-state index in [1.807, 2.05) is 13.0 Å². The molecular weight excluding hydrogens is 398 g/mol. The van der Waals surface area contributed by atoms with Crippen LogP contribution in [0.4, 0.5) is 5.13 Å². The summed E-state index contributed by atoms with van der Waals surface area (Å²) < 4.78 is 6.26. The number of amides is 1. The molecule has 0 saturated heterocycles. The summed E-state index contributed by atoms with van der Waals surface area (Å²) in [6.45, 7) is 1.88. The molecule has 9 heteroatoms. The third kappa shape index (κ3) is 3.51. The van der Waals surface area contributed by atoms with E-state index in [-0.39, 0.29) is 5.91 Å². The lowest BCUT2D eigenvalue weighted by Gasteiger charge is -2.12. The first-order chi connectivity index (χ1) is 13.5. The van der Waals surface area contributed by atoms with E-state index < -0.39 is 0 Å². The van der Waals surface area contributed by atoms with E-state index in [0.717, 1.165) is 16.0 Å². The number of thiazole rings is 1. The van der Waals surface area contributed by atoms with Gasteiger partial charge in [0.15, 0.2) is 5.13 Å². The van der Waals surface area contributed by atoms with Crippen LogP contribution < -0.4 is 10.1 Å². The SMILES string of the molecule is COc1cnc(C)cc1-c1ccncc1C(=O)Nc1nc2cnc(Cl)cc2s1. The number of rotatable bonds is 4. The number of pyridine rings is 3. The Morgan fingerprint density at radius 1 is 1.18 bits per heavy atom. The maximum atomic E-state index is 13.0. The number of hydrogen-bond donors (Lipinski definition) is 1. The minimum Gasteiger partial charge on any atom is -0.494 e. The van der Waals surface area contributed by atoms with Crippen LogP contribution in [-0.4, -0.2) is 33.0 Å². The molecule has 140 valence electrons. The summed E-state index contributed by atoms with van der Waals surface area (Å²) in [6.07, 6.45) is 6.36. The number of methoxy groups -OCH3 is 1. The molecule has 4 heterocycles. The van der Waals surface area contributed by atoms with Gasteiger partial charge >= 0.3 is 0 Å². The lowest BCUT2D eigenvalue weighted by molar-refractivity contribution is 0.102. The van der Waals surface area contributed by atoms with Crippen LogP contribution in [0.5, 0.6) is 5.75 Å². The van der Waals surface area contributed by atoms with E-state index in [0.29, 0.717) is 32.7 Å². The number of nitrogens with zero attached hydrogens (tertiary/aromatic N) is 4. The lowest BCUT2D eigenvalue weighted by atomic mass is 10.0. The molecular formula is C19H14ClN5O2S. The molecule has 1 N–H and O–H groups in total. The molecule has 0 atom stereocenters. The van der Waals surface area contributed by atoms with Crippen LogP contribution in [0.2, 0.25) is 5.15 Å². The van der Waals surface area contributed by atoms with E-state index in [1.165, 1.54) is 17.5 Å². The average Bonchev–Trinajstić information content (AvgIpc) is 3.09. The number of halogens is 1. The number of ether oxygens (including phenoxy) is 1. The molecule has 4 aromatic heterocycles. The minimum absolute atomic E-state index is 0.322. The quantitative estimate of drug-likeness (QED) is 0.501. The fraction of sp³-hybridized carbons (Fsp3) is 0.105. The van der Waals surface area contributed by atoms with Gasteiger partial charge in [-0.2, -0.15) is 0 Å². The number of carbonyl (C=O) groups is 1. The summed E-state index contributed by atoms with van der Waals surface area (Å²) in [6, 6.07) is 5.36. The molecule has 28 heavy (non-hydrogen) atoms. The van der Waals surface area contributed by atoms with Gasteiger partial charge in [0.1, 0.15) is 16.4 Å². The van der Waals surface area contributed by atoms with Gasteiger partial charge in [0, 0.05) is 29.2 Å². The third-order valence-electron chi connectivity index (χ3n) is 4.04. The van der Waals surface area contributed by atoms with Crippen LogP contribution in [0.3, 0.4) is 0 Å². The summed E-state index contributed by atoms with van der Waals surface area (Å²) >= 11 is 7.24. The molecule has 0 fully saturated rings. The monoisotopic (exact) mass is 411 g/mol. The number of aryl methyl sites for hydroxylation is 1. The van der Waals surface area contributed by atoms with Crippen molar-refractivity contribution in [3.63, 3.8) is 0 Å². The van der Waals surface area contributed by atoms with Crippen molar-refractivity contribution in [1.29, 1.82) is 0 Å². The molecule has 1 amide bonds. The van der Waals surface area contributed by atoms with Gasteiger partial charge in [-0.15, -0.1) is 0 Å². The van der Waals surface area contributed by atoms with Crippen molar-refractivity contribution < 1.29 is 9.53 Å². The zero-order chi connectivity index (χ0) is 19.7. The van der Waals surface area contributed by atoms with Gasteiger partial charge in [-0.1, -0.05) is 22.9 Å². The lowest BCUT2D eigenvalue weighted by Crippen LogP contribution is -2.13. The van der Waals surface area contributed by atoms with E-state index in [4.69, 9.17) is 16.3 Å². The fourth-order valence-corrected chi connectivity index (χ4v) is 3.85. The van der Waals surface area contributed by atoms with Gasteiger partial charge in [-0.3, -0.25) is 20.1 Å². The Hall–Kier alpha value is -3.10. The molecule has 0 aliphatic rings. The van der Waals surface area contributed by atoms with Gasteiger partial charge in [-0.05, 0) is 25.1 Å². The molecule has 0 saturated carbocycles. The summed E-state index contributed by atoms with van der Waals surface area (Å²) in [5, 5.41) is 3.66. The highest BCUT2D eigenvalue weighted by Gasteiger charge is 2.18. The zero-order valence-electron chi connectivity index (χ0n) is 14.9. The van der Waals surface area contributed by atoms with Gasteiger partial charge in [-0.25, -0.2) is 9.97 Å². The van der Waals surface area contributed by atoms with Crippen molar-refractivity contribution >= 4 is 44.2 Å². The molecule has 4 rings (SSSR count). The van der Waals surface area contributed by atoms with Crippen molar-refractivity contribution in [1.82, 2.24) is 19.9 Å². The third-order valence-corrected chi connectivity index (χ3v) is 5.18. The van der Waals surface area contributed by atoms with Crippen molar-refractivity contribution in [3.8, 4) is 16.9 Å². The number of nitrogens with one attached hydrogen (secondary N) is 1. The molecule has 0 spiro atoms. The Bertz CT molecular complexity index is 1190. The second-order valence-corrected chi connectivity index (χ2v) is 7.31. The Morgan fingerprint density at radius 2 is 2.04 bits per heavy atom. The zero-order valence-corrected chi connectivity index (χ0v) is 16.5. The van der Waals surface area contributed by atoms with E-state index in [1.54, 1.807) is 37.8 Å². The average molecular weight is 412 g/mol. The standard InChI is InChI=1S/C19H14ClN5O2S/c1-10-5-12(15(27-2)9-22-10)11-3-4-21-7-13(11)18(26)25-19-24-14-8-23-17(20)6-16(14)28-19/h3-9H,1-2H3,(H,24,25,26). The normalized spacial score (nSPS) is 10.8. The topological polar surface area (TPSA) is 89.9 Å². The smallest absolute Gasteiger partial charge is 0.259 e. The van der Waals surface area contributed by atoms with E-state index in [2.05, 4.69) is 25.3 Å². The van der Waals surface area contributed by atoms with Crippen LogP contribution in [0.15, 0.2) is 43.0 Å². The van der Waals surface area contributed by atoms with Gasteiger partial charge in [0.2, 0.25) is 0 Å². The predicted molar refractivity (Wildman–Crippen MR) is 109 cm³/mol. The first-order valence-electron chi connectivity index (χ1n) is 8.23. The highest BCUT2D eigenvalue weighted by atomic mass is 35.5. The van der Waals surface area contributed by atoms with Crippen molar-refractivity contribution in [2.24, 2.45) is 0 Å². The first-order valence-corrected chi connectivity index (χ1v) is 9.43. The molecule has 0 radical (unpaired) electrons. The maximum absolute atomic E-state index is 13.0. The summed E-state index contributed by atoms with van der Waals surface area (Å²) in [7, 11) is 1.57. The van der Waals surface area contributed by atoms with E-state index in [9.17, 15) is 4.79 Å². The molecule has 0 aliphatic carbocycles. The van der Waals surface area contributed by atoms with Gasteiger partial charge in [0.25, 0.3) is 5.91 Å². The predicted octanol–water partition coefficient (Wildman–Crippen LogP) is 4.37. The van der Waals surface area contributed by atoms with E-state index >= 15 is 0 Å². The second-order valence-electron chi connectivity index (χ2n) is 5.90. The van der Waals surface area contributed by atoms with Crippen LogP contribution >= 0.6 is 22.9 Å². The summed E-state index contributed by atoms with van der Waals surface area (Å²) in [5.74, 6) is 0.254. The molecule has 0 aromatic carbocycles. The fourth-order valence-electron chi connectivity index (χ4n) is 2.76. The number of aromatic nitrogens is 4. The molecule has 7 nitrogen and oxygen atoms in total. The number of hydrogen-bond acceptors (Lipinski definition) is 7. The highest BCUT2D eigenvalue weighted by molar-refractivity contribution is 7.22. The largest absolute Gasteiger partial charge is 0.494 e. The van der Waals surface area contributed by atoms with Crippen LogP contribution in [0.1, 0.15) is 16.1 Å². The molecule has 0 aliphatic heterocycles. The molecule has 0 unspecified atom stereocenters. The van der Waals surface area contributed by atoms with Crippen LogP contribution in [-0.2, 0) is 0 Å². The number of fused-ring (bicyclic) bond motifs is 1. The Balaban J connectivity index is 1.71. The first kappa shape index (κ1) is 18.3. The van der Waals surface area contributed by atoms with Crippen molar-refractivity contribution in [2.45, 2.75) is 6.92 Å². The summed E-state index contributed by atoms with van der Waals surface area (Å²) in [5.41, 5.74) is 3.35.